The van der Waals surface area contributed by atoms with Gasteiger partial charge in [-0.15, -0.1) is 10.2 Å². The van der Waals surface area contributed by atoms with Crippen LogP contribution in [0.25, 0.3) is 11.4 Å². The summed E-state index contributed by atoms with van der Waals surface area (Å²) in [5, 5.41) is 10.3. The average Bonchev–Trinajstić information content (AvgIpc) is 3.43. The second-order valence-electron chi connectivity index (χ2n) is 7.44. The van der Waals surface area contributed by atoms with Gasteiger partial charge in [-0.1, -0.05) is 23.4 Å². The molecule has 3 aromatic rings. The molecule has 1 fully saturated rings. The van der Waals surface area contributed by atoms with Gasteiger partial charge in [0.05, 0.1) is 12.6 Å². The lowest BCUT2D eigenvalue weighted by molar-refractivity contribution is 0.0953. The van der Waals surface area contributed by atoms with Gasteiger partial charge < -0.3 is 4.74 Å². The molecule has 4 rings (SSSR count). The number of Topliss-reactive ketones (excluding diaryl/α,β-unsaturated/α-hetero) is 1. The lowest BCUT2D eigenvalue weighted by atomic mass is 10.1. The number of aromatic nitrogens is 3. The molecule has 1 atom stereocenters. The summed E-state index contributed by atoms with van der Waals surface area (Å²) in [7, 11) is 0. The van der Waals surface area contributed by atoms with Gasteiger partial charge >= 0.3 is 0 Å². The highest BCUT2D eigenvalue weighted by Gasteiger charge is 2.22. The maximum Gasteiger partial charge on any atom is 0.191 e. The summed E-state index contributed by atoms with van der Waals surface area (Å²) >= 11 is 7.61. The minimum absolute atomic E-state index is 0.0169. The first-order valence-corrected chi connectivity index (χ1v) is 11.7. The molecular formula is C23H23ClFN3O2S. The molecule has 0 amide bonds. The van der Waals surface area contributed by atoms with Gasteiger partial charge in [0.2, 0.25) is 0 Å². The first-order valence-electron chi connectivity index (χ1n) is 10.3. The molecule has 0 unspecified atom stereocenters. The van der Waals surface area contributed by atoms with Gasteiger partial charge in [-0.2, -0.15) is 0 Å². The molecule has 0 N–H and O–H groups in total. The van der Waals surface area contributed by atoms with Gasteiger partial charge in [-0.05, 0) is 67.8 Å². The Balaban J connectivity index is 1.41. The van der Waals surface area contributed by atoms with Crippen LogP contribution in [-0.2, 0) is 11.3 Å². The summed E-state index contributed by atoms with van der Waals surface area (Å²) in [5.41, 5.74) is 1.49. The van der Waals surface area contributed by atoms with Crippen molar-refractivity contribution in [2.45, 2.75) is 43.5 Å². The van der Waals surface area contributed by atoms with E-state index in [2.05, 4.69) is 14.8 Å². The first-order chi connectivity index (χ1) is 15.1. The van der Waals surface area contributed by atoms with Crippen molar-refractivity contribution >= 4 is 29.1 Å². The van der Waals surface area contributed by atoms with Crippen LogP contribution in [-0.4, -0.2) is 39.0 Å². The summed E-state index contributed by atoms with van der Waals surface area (Å²) < 4.78 is 21.0. The van der Waals surface area contributed by atoms with E-state index in [4.69, 9.17) is 16.3 Å². The molecule has 1 saturated heterocycles. The number of hydrogen-bond acceptors (Lipinski definition) is 5. The highest BCUT2D eigenvalue weighted by atomic mass is 35.5. The first kappa shape index (κ1) is 22.0. The molecule has 0 saturated carbocycles. The van der Waals surface area contributed by atoms with Gasteiger partial charge in [0.15, 0.2) is 16.8 Å². The minimum Gasteiger partial charge on any atom is -0.376 e. The normalized spacial score (nSPS) is 16.0. The van der Waals surface area contributed by atoms with Gasteiger partial charge in [0.1, 0.15) is 5.82 Å². The van der Waals surface area contributed by atoms with Gasteiger partial charge in [0, 0.05) is 34.9 Å². The number of rotatable bonds is 9. The molecule has 0 aliphatic carbocycles. The largest absolute Gasteiger partial charge is 0.376 e. The maximum absolute atomic E-state index is 13.0. The number of nitrogens with zero attached hydrogens (tertiary/aromatic N) is 3. The van der Waals surface area contributed by atoms with Crippen LogP contribution in [0.5, 0.6) is 0 Å². The zero-order valence-electron chi connectivity index (χ0n) is 17.0. The van der Waals surface area contributed by atoms with E-state index in [1.54, 1.807) is 11.8 Å². The van der Waals surface area contributed by atoms with Crippen molar-refractivity contribution in [3.8, 4) is 11.4 Å². The number of carbonyl (C=O) groups is 1. The van der Waals surface area contributed by atoms with E-state index < -0.39 is 0 Å². The summed E-state index contributed by atoms with van der Waals surface area (Å²) in [6.45, 7) is 1.48. The van der Waals surface area contributed by atoms with E-state index in [9.17, 15) is 9.18 Å². The van der Waals surface area contributed by atoms with E-state index in [0.29, 0.717) is 30.0 Å². The SMILES string of the molecule is O=C(CCCSc1nnc(-c2ccc(Cl)cc2)n1C[C@@H]1CCCO1)c1ccc(F)cc1. The molecule has 8 heteroatoms. The van der Waals surface area contributed by atoms with Crippen molar-refractivity contribution in [3.05, 3.63) is 64.9 Å². The summed E-state index contributed by atoms with van der Waals surface area (Å²) in [6.07, 6.45) is 3.35. The standard InChI is InChI=1S/C23H23ClFN3O2S/c24-18-9-5-17(6-10-18)22-26-27-23(28(22)15-20-3-1-13-30-20)31-14-2-4-21(29)16-7-11-19(25)12-8-16/h5-12,20H,1-4,13-15H2/t20-/m0/s1. The quantitative estimate of drug-likeness (QED) is 0.234. The van der Waals surface area contributed by atoms with Gasteiger partial charge in [-0.3, -0.25) is 9.36 Å². The Morgan fingerprint density at radius 3 is 2.65 bits per heavy atom. The lowest BCUT2D eigenvalue weighted by Gasteiger charge is -2.14. The fourth-order valence-corrected chi connectivity index (χ4v) is 4.55. The van der Waals surface area contributed by atoms with Crippen molar-refractivity contribution in [2.75, 3.05) is 12.4 Å². The lowest BCUT2D eigenvalue weighted by Crippen LogP contribution is -2.16. The van der Waals surface area contributed by atoms with Gasteiger partial charge in [0.25, 0.3) is 0 Å². The van der Waals surface area contributed by atoms with E-state index >= 15 is 0 Å². The van der Waals surface area contributed by atoms with Gasteiger partial charge in [-0.25, -0.2) is 4.39 Å². The predicted molar refractivity (Wildman–Crippen MR) is 120 cm³/mol. The van der Waals surface area contributed by atoms with Crippen molar-refractivity contribution in [1.82, 2.24) is 14.8 Å². The van der Waals surface area contributed by atoms with Crippen LogP contribution in [0.4, 0.5) is 4.39 Å². The third-order valence-corrected chi connectivity index (χ3v) is 6.48. The maximum atomic E-state index is 13.0. The van der Waals surface area contributed by atoms with Crippen LogP contribution in [0.3, 0.4) is 0 Å². The van der Waals surface area contributed by atoms with Crippen LogP contribution >= 0.6 is 23.4 Å². The van der Waals surface area contributed by atoms with Crippen molar-refractivity contribution < 1.29 is 13.9 Å². The molecule has 162 valence electrons. The molecule has 0 radical (unpaired) electrons. The van der Waals surface area contributed by atoms with Crippen LogP contribution in [0.1, 0.15) is 36.0 Å². The number of benzene rings is 2. The van der Waals surface area contributed by atoms with Crippen molar-refractivity contribution in [1.29, 1.82) is 0 Å². The number of ether oxygens (including phenoxy) is 1. The Bertz CT molecular complexity index is 1020. The summed E-state index contributed by atoms with van der Waals surface area (Å²) in [5.74, 6) is 1.20. The van der Waals surface area contributed by atoms with Crippen LogP contribution < -0.4 is 0 Å². The number of ketones is 1. The molecule has 2 aromatic carbocycles. The Morgan fingerprint density at radius 2 is 1.94 bits per heavy atom. The average molecular weight is 460 g/mol. The summed E-state index contributed by atoms with van der Waals surface area (Å²) in [6, 6.07) is 13.2. The smallest absolute Gasteiger partial charge is 0.191 e. The third-order valence-electron chi connectivity index (χ3n) is 5.17. The summed E-state index contributed by atoms with van der Waals surface area (Å²) in [4.78, 5) is 12.3. The van der Waals surface area contributed by atoms with E-state index in [1.807, 2.05) is 24.3 Å². The molecular weight excluding hydrogens is 437 g/mol. The molecule has 0 bridgehead atoms. The van der Waals surface area contributed by atoms with Crippen molar-refractivity contribution in [3.63, 3.8) is 0 Å². The highest BCUT2D eigenvalue weighted by Crippen LogP contribution is 2.28. The molecule has 1 aliphatic rings. The predicted octanol–water partition coefficient (Wildman–Crippen LogP) is 5.67. The van der Waals surface area contributed by atoms with Crippen LogP contribution in [0.2, 0.25) is 5.02 Å². The van der Waals surface area contributed by atoms with E-state index in [-0.39, 0.29) is 17.7 Å². The molecule has 2 heterocycles. The second-order valence-corrected chi connectivity index (χ2v) is 8.94. The van der Waals surface area contributed by atoms with Crippen LogP contribution in [0, 0.1) is 5.82 Å². The molecule has 31 heavy (non-hydrogen) atoms. The fourth-order valence-electron chi connectivity index (χ4n) is 3.54. The Hall–Kier alpha value is -2.22. The molecule has 1 aromatic heterocycles. The van der Waals surface area contributed by atoms with Crippen molar-refractivity contribution in [2.24, 2.45) is 0 Å². The number of carbonyl (C=O) groups excluding carboxylic acids is 1. The van der Waals surface area contributed by atoms with Crippen LogP contribution in [0.15, 0.2) is 53.7 Å². The minimum atomic E-state index is -0.339. The second kappa shape index (κ2) is 10.4. The zero-order valence-corrected chi connectivity index (χ0v) is 18.5. The topological polar surface area (TPSA) is 57.0 Å². The molecule has 1 aliphatic heterocycles. The highest BCUT2D eigenvalue weighted by molar-refractivity contribution is 7.99. The number of halogens is 2. The molecule has 5 nitrogen and oxygen atoms in total. The Kier molecular flexibility index (Phi) is 7.37. The Morgan fingerprint density at radius 1 is 1.16 bits per heavy atom. The molecule has 0 spiro atoms. The monoisotopic (exact) mass is 459 g/mol. The fraction of sp³-hybridized carbons (Fsp3) is 0.348. The number of thioether (sulfide) groups is 1. The zero-order chi connectivity index (χ0) is 21.6. The number of hydrogen-bond donors (Lipinski definition) is 0. The Labute approximate surface area is 190 Å². The van der Waals surface area contributed by atoms with E-state index in [0.717, 1.165) is 41.7 Å². The third kappa shape index (κ3) is 5.73. The van der Waals surface area contributed by atoms with E-state index in [1.165, 1.54) is 24.3 Å².